The van der Waals surface area contributed by atoms with Crippen LogP contribution in [0.4, 0.5) is 0 Å². The van der Waals surface area contributed by atoms with Gasteiger partial charge in [0.25, 0.3) is 5.56 Å². The second-order valence-corrected chi connectivity index (χ2v) is 8.79. The molecule has 160 valence electrons. The summed E-state index contributed by atoms with van der Waals surface area (Å²) in [5, 5.41) is 0. The highest BCUT2D eigenvalue weighted by atomic mass is 16.5. The lowest BCUT2D eigenvalue weighted by atomic mass is 9.82. The van der Waals surface area contributed by atoms with E-state index in [-0.39, 0.29) is 17.4 Å². The minimum absolute atomic E-state index is 0.129. The number of carbonyl (C=O) groups is 1. The maximum absolute atomic E-state index is 13.2. The Labute approximate surface area is 175 Å². The van der Waals surface area contributed by atoms with Crippen molar-refractivity contribution in [1.82, 2.24) is 24.3 Å². The fourth-order valence-electron chi connectivity index (χ4n) is 5.17. The zero-order valence-corrected chi connectivity index (χ0v) is 17.3. The van der Waals surface area contributed by atoms with Gasteiger partial charge < -0.3 is 19.2 Å². The van der Waals surface area contributed by atoms with Gasteiger partial charge in [0.1, 0.15) is 0 Å². The molecule has 2 saturated heterocycles. The number of fused-ring (bicyclic) bond motifs is 4. The zero-order valence-electron chi connectivity index (χ0n) is 17.3. The Bertz CT molecular complexity index is 946. The Morgan fingerprint density at radius 2 is 2.13 bits per heavy atom. The van der Waals surface area contributed by atoms with E-state index in [9.17, 15) is 9.59 Å². The van der Waals surface area contributed by atoms with Crippen LogP contribution >= 0.6 is 0 Å². The average molecular weight is 412 g/mol. The Hall–Kier alpha value is -2.45. The molecular weight excluding hydrogens is 382 g/mol. The molecule has 0 radical (unpaired) electrons. The fraction of sp³-hybridized carbons (Fsp3) is 0.591. The standard InChI is InChI=1S/C22H29N5O3/c28-21(9-19-10-23-15-24-19)26-11-16-8-18(14-26)20-3-2-17(22(29)27(20)12-16)13-25-4-1-6-30-7-5-25/h2-3,10,15-16,18H,1,4-9,11-14H2,(H,23,24)/t16-,18+/m0/s1. The van der Waals surface area contributed by atoms with Gasteiger partial charge >= 0.3 is 0 Å². The number of likely N-dealkylation sites (tertiary alicyclic amines) is 1. The van der Waals surface area contributed by atoms with E-state index in [0.29, 0.717) is 32.0 Å². The Balaban J connectivity index is 1.32. The number of rotatable bonds is 4. The summed E-state index contributed by atoms with van der Waals surface area (Å²) in [6.45, 7) is 6.19. The Kier molecular flexibility index (Phi) is 5.43. The predicted molar refractivity (Wildman–Crippen MR) is 111 cm³/mol. The first-order chi connectivity index (χ1) is 14.7. The van der Waals surface area contributed by atoms with Crippen LogP contribution in [0.3, 0.4) is 0 Å². The predicted octanol–water partition coefficient (Wildman–Crippen LogP) is 0.982. The molecule has 2 fully saturated rings. The number of hydrogen-bond donors (Lipinski definition) is 1. The molecular formula is C22H29N5O3. The monoisotopic (exact) mass is 411 g/mol. The summed E-state index contributed by atoms with van der Waals surface area (Å²) in [5.41, 5.74) is 2.94. The third kappa shape index (κ3) is 3.94. The zero-order chi connectivity index (χ0) is 20.5. The molecule has 0 aliphatic carbocycles. The van der Waals surface area contributed by atoms with E-state index in [4.69, 9.17) is 4.74 Å². The summed E-state index contributed by atoms with van der Waals surface area (Å²) >= 11 is 0. The number of nitrogens with one attached hydrogen (secondary N) is 1. The quantitative estimate of drug-likeness (QED) is 0.811. The number of nitrogens with zero attached hydrogens (tertiary/aromatic N) is 4. The molecule has 8 heteroatoms. The maximum atomic E-state index is 13.2. The van der Waals surface area contributed by atoms with Crippen molar-refractivity contribution in [1.29, 1.82) is 0 Å². The van der Waals surface area contributed by atoms with E-state index in [1.54, 1.807) is 12.5 Å². The lowest BCUT2D eigenvalue weighted by molar-refractivity contribution is -0.133. The van der Waals surface area contributed by atoms with Crippen LogP contribution in [-0.4, -0.2) is 69.6 Å². The van der Waals surface area contributed by atoms with E-state index in [2.05, 4.69) is 20.9 Å². The van der Waals surface area contributed by atoms with Crippen LogP contribution in [0.1, 0.15) is 35.7 Å². The highest BCUT2D eigenvalue weighted by molar-refractivity contribution is 5.78. The molecule has 2 bridgehead atoms. The van der Waals surface area contributed by atoms with Crippen molar-refractivity contribution in [3.63, 3.8) is 0 Å². The van der Waals surface area contributed by atoms with Gasteiger partial charge in [-0.3, -0.25) is 14.5 Å². The van der Waals surface area contributed by atoms with Crippen molar-refractivity contribution in [2.24, 2.45) is 5.92 Å². The number of aromatic nitrogens is 3. The summed E-state index contributed by atoms with van der Waals surface area (Å²) in [6.07, 6.45) is 5.72. The molecule has 1 amide bonds. The van der Waals surface area contributed by atoms with E-state index in [1.807, 2.05) is 15.5 Å². The molecule has 5 heterocycles. The minimum Gasteiger partial charge on any atom is -0.380 e. The van der Waals surface area contributed by atoms with Crippen molar-refractivity contribution in [2.45, 2.75) is 38.3 Å². The van der Waals surface area contributed by atoms with Gasteiger partial charge in [0, 0.05) is 74.9 Å². The molecule has 0 saturated carbocycles. The second-order valence-electron chi connectivity index (χ2n) is 8.79. The van der Waals surface area contributed by atoms with Crippen LogP contribution < -0.4 is 5.56 Å². The molecule has 2 atom stereocenters. The van der Waals surface area contributed by atoms with Crippen LogP contribution in [0.25, 0.3) is 0 Å². The molecule has 8 nitrogen and oxygen atoms in total. The largest absolute Gasteiger partial charge is 0.380 e. The Morgan fingerprint density at radius 3 is 3.00 bits per heavy atom. The van der Waals surface area contributed by atoms with Crippen molar-refractivity contribution >= 4 is 5.91 Å². The van der Waals surface area contributed by atoms with Crippen molar-refractivity contribution < 1.29 is 9.53 Å². The third-order valence-corrected chi connectivity index (χ3v) is 6.64. The molecule has 2 aromatic heterocycles. The van der Waals surface area contributed by atoms with Gasteiger partial charge in [0.05, 0.1) is 19.4 Å². The second kappa shape index (κ2) is 8.35. The molecule has 1 N–H and O–H groups in total. The van der Waals surface area contributed by atoms with Gasteiger partial charge in [-0.15, -0.1) is 0 Å². The average Bonchev–Trinajstić information content (AvgIpc) is 3.12. The van der Waals surface area contributed by atoms with E-state index >= 15 is 0 Å². The van der Waals surface area contributed by atoms with Crippen molar-refractivity contribution in [3.05, 3.63) is 52.0 Å². The summed E-state index contributed by atoms with van der Waals surface area (Å²) in [4.78, 5) is 37.3. The lowest BCUT2D eigenvalue weighted by Crippen LogP contribution is -2.50. The van der Waals surface area contributed by atoms with Crippen LogP contribution in [0.2, 0.25) is 0 Å². The van der Waals surface area contributed by atoms with E-state index in [0.717, 1.165) is 62.6 Å². The SMILES string of the molecule is O=C(Cc1cnc[nH]1)N1C[C@@H]2C[C@H](C1)c1ccc(CN3CCCOCC3)c(=O)n1C2. The third-order valence-electron chi connectivity index (χ3n) is 6.64. The highest BCUT2D eigenvalue weighted by Crippen LogP contribution is 2.35. The number of hydrogen-bond acceptors (Lipinski definition) is 5. The lowest BCUT2D eigenvalue weighted by Gasteiger charge is -2.43. The number of ether oxygens (including phenoxy) is 1. The number of carbonyl (C=O) groups excluding carboxylic acids is 1. The molecule has 0 unspecified atom stereocenters. The Morgan fingerprint density at radius 1 is 1.20 bits per heavy atom. The molecule has 0 spiro atoms. The molecule has 3 aliphatic rings. The number of piperidine rings is 1. The van der Waals surface area contributed by atoms with Gasteiger partial charge in [0.2, 0.25) is 5.91 Å². The summed E-state index contributed by atoms with van der Waals surface area (Å²) < 4.78 is 7.52. The van der Waals surface area contributed by atoms with Gasteiger partial charge in [-0.05, 0) is 24.8 Å². The van der Waals surface area contributed by atoms with Crippen LogP contribution in [-0.2, 0) is 29.0 Å². The molecule has 0 aromatic carbocycles. The first-order valence-corrected chi connectivity index (χ1v) is 10.9. The number of imidazole rings is 1. The summed E-state index contributed by atoms with van der Waals surface area (Å²) in [5.74, 6) is 0.697. The first-order valence-electron chi connectivity index (χ1n) is 10.9. The fourth-order valence-corrected chi connectivity index (χ4v) is 5.17. The van der Waals surface area contributed by atoms with Gasteiger partial charge in [-0.1, -0.05) is 6.07 Å². The molecule has 3 aliphatic heterocycles. The van der Waals surface area contributed by atoms with Crippen molar-refractivity contribution in [2.75, 3.05) is 39.4 Å². The van der Waals surface area contributed by atoms with Crippen LogP contribution in [0.5, 0.6) is 0 Å². The number of H-pyrrole nitrogens is 1. The number of pyridine rings is 1. The molecule has 30 heavy (non-hydrogen) atoms. The van der Waals surface area contributed by atoms with Gasteiger partial charge in [0.15, 0.2) is 0 Å². The number of amides is 1. The summed E-state index contributed by atoms with van der Waals surface area (Å²) in [7, 11) is 0. The van der Waals surface area contributed by atoms with Crippen LogP contribution in [0.15, 0.2) is 29.5 Å². The first kappa shape index (κ1) is 19.5. The van der Waals surface area contributed by atoms with Gasteiger partial charge in [-0.2, -0.15) is 0 Å². The maximum Gasteiger partial charge on any atom is 0.255 e. The number of aromatic amines is 1. The summed E-state index contributed by atoms with van der Waals surface area (Å²) in [6, 6.07) is 4.13. The normalized spacial score (nSPS) is 24.3. The highest BCUT2D eigenvalue weighted by Gasteiger charge is 2.36. The van der Waals surface area contributed by atoms with E-state index in [1.165, 1.54) is 0 Å². The van der Waals surface area contributed by atoms with Gasteiger partial charge in [-0.25, -0.2) is 4.98 Å². The topological polar surface area (TPSA) is 83.5 Å². The van der Waals surface area contributed by atoms with Crippen molar-refractivity contribution in [3.8, 4) is 0 Å². The molecule has 5 rings (SSSR count). The minimum atomic E-state index is 0.129. The van der Waals surface area contributed by atoms with Crippen LogP contribution in [0, 0.1) is 5.92 Å². The molecule has 2 aromatic rings. The smallest absolute Gasteiger partial charge is 0.255 e. The van der Waals surface area contributed by atoms with E-state index < -0.39 is 0 Å².